The molecule has 1 N–H and O–H groups in total. The Morgan fingerprint density at radius 1 is 1.06 bits per heavy atom. The van der Waals surface area contributed by atoms with Gasteiger partial charge in [-0.05, 0) is 56.2 Å². The van der Waals surface area contributed by atoms with Crippen molar-refractivity contribution in [2.75, 3.05) is 6.54 Å². The van der Waals surface area contributed by atoms with Crippen molar-refractivity contribution in [1.82, 2.24) is 29.4 Å². The third kappa shape index (κ3) is 3.68. The van der Waals surface area contributed by atoms with Crippen LogP contribution in [0, 0.1) is 13.8 Å². The van der Waals surface area contributed by atoms with Crippen LogP contribution in [0.5, 0.6) is 0 Å². The Morgan fingerprint density at radius 2 is 1.87 bits per heavy atom. The molecule has 31 heavy (non-hydrogen) atoms. The standard InChI is InChI=1S/C24H24N6O/c1-16-13-18(17(2)30(16)22-8-4-6-11-26-22)14-29-12-9-19-21(15-29)27-23(28-24(19)31)20-7-3-5-10-25-20/h3-8,10-11,13H,9,12,14-15H2,1-2H3,(H,27,28,31). The molecule has 0 fully saturated rings. The zero-order valence-corrected chi connectivity index (χ0v) is 17.7. The second kappa shape index (κ2) is 7.92. The summed E-state index contributed by atoms with van der Waals surface area (Å²) in [7, 11) is 0. The van der Waals surface area contributed by atoms with Crippen molar-refractivity contribution in [3.63, 3.8) is 0 Å². The summed E-state index contributed by atoms with van der Waals surface area (Å²) in [5.41, 5.74) is 5.87. The SMILES string of the molecule is Cc1cc(CN2CCc3c(nc(-c4ccccn4)[nH]c3=O)C2)c(C)n1-c1ccccn1. The van der Waals surface area contributed by atoms with Crippen LogP contribution in [0.2, 0.25) is 0 Å². The lowest BCUT2D eigenvalue weighted by Gasteiger charge is -2.27. The lowest BCUT2D eigenvalue weighted by molar-refractivity contribution is 0.240. The topological polar surface area (TPSA) is 79.7 Å². The molecule has 4 aromatic rings. The van der Waals surface area contributed by atoms with E-state index >= 15 is 0 Å². The van der Waals surface area contributed by atoms with E-state index in [1.54, 1.807) is 6.20 Å². The van der Waals surface area contributed by atoms with Gasteiger partial charge in [0.15, 0.2) is 5.82 Å². The number of nitrogens with zero attached hydrogens (tertiary/aromatic N) is 5. The molecule has 1 aliphatic heterocycles. The van der Waals surface area contributed by atoms with Crippen molar-refractivity contribution in [2.45, 2.75) is 33.4 Å². The third-order valence-corrected chi connectivity index (χ3v) is 5.87. The van der Waals surface area contributed by atoms with Gasteiger partial charge in [0.2, 0.25) is 0 Å². The van der Waals surface area contributed by atoms with Gasteiger partial charge in [-0.3, -0.25) is 14.7 Å². The van der Waals surface area contributed by atoms with Gasteiger partial charge >= 0.3 is 0 Å². The van der Waals surface area contributed by atoms with E-state index in [1.165, 1.54) is 11.3 Å². The second-order valence-electron chi connectivity index (χ2n) is 7.94. The van der Waals surface area contributed by atoms with E-state index < -0.39 is 0 Å². The van der Waals surface area contributed by atoms with Crippen molar-refractivity contribution in [3.05, 3.63) is 93.4 Å². The quantitative estimate of drug-likeness (QED) is 0.557. The molecule has 0 saturated heterocycles. The fraction of sp³-hybridized carbons (Fsp3) is 0.250. The average molecular weight is 412 g/mol. The Morgan fingerprint density at radius 3 is 2.61 bits per heavy atom. The first kappa shape index (κ1) is 19.4. The van der Waals surface area contributed by atoms with Crippen molar-refractivity contribution in [2.24, 2.45) is 0 Å². The Labute approximate surface area is 180 Å². The minimum atomic E-state index is -0.0568. The average Bonchev–Trinajstić information content (AvgIpc) is 3.07. The number of aryl methyl sites for hydroxylation is 1. The summed E-state index contributed by atoms with van der Waals surface area (Å²) in [5, 5.41) is 0. The molecule has 0 radical (unpaired) electrons. The molecule has 0 spiro atoms. The van der Waals surface area contributed by atoms with Gasteiger partial charge in [-0.2, -0.15) is 0 Å². The highest BCUT2D eigenvalue weighted by molar-refractivity contribution is 5.49. The van der Waals surface area contributed by atoms with Gasteiger partial charge in [-0.15, -0.1) is 0 Å². The molecule has 0 saturated carbocycles. The number of rotatable bonds is 4. The van der Waals surface area contributed by atoms with Crippen molar-refractivity contribution in [1.29, 1.82) is 0 Å². The summed E-state index contributed by atoms with van der Waals surface area (Å²) in [5.74, 6) is 1.46. The molecule has 1 aliphatic rings. The molecule has 4 aromatic heterocycles. The Kier molecular flexibility index (Phi) is 4.95. The van der Waals surface area contributed by atoms with Crippen LogP contribution in [-0.4, -0.2) is 35.9 Å². The van der Waals surface area contributed by atoms with Gasteiger partial charge in [0.05, 0.1) is 5.69 Å². The number of hydrogen-bond donors (Lipinski definition) is 1. The van der Waals surface area contributed by atoms with Crippen molar-refractivity contribution < 1.29 is 0 Å². The van der Waals surface area contributed by atoms with Crippen LogP contribution in [0.4, 0.5) is 0 Å². The first-order chi connectivity index (χ1) is 15.1. The van der Waals surface area contributed by atoms with E-state index in [2.05, 4.69) is 44.3 Å². The van der Waals surface area contributed by atoms with Crippen LogP contribution in [0.1, 0.15) is 28.2 Å². The number of aromatic amines is 1. The van der Waals surface area contributed by atoms with Crippen LogP contribution >= 0.6 is 0 Å². The third-order valence-electron chi connectivity index (χ3n) is 5.87. The predicted octanol–water partition coefficient (Wildman–Crippen LogP) is 3.19. The molecule has 0 amide bonds. The van der Waals surface area contributed by atoms with E-state index in [0.29, 0.717) is 24.5 Å². The zero-order chi connectivity index (χ0) is 21.4. The van der Waals surface area contributed by atoms with E-state index in [1.807, 2.05) is 42.6 Å². The summed E-state index contributed by atoms with van der Waals surface area (Å²) in [4.78, 5) is 31.5. The smallest absolute Gasteiger partial charge is 0.254 e. The lowest BCUT2D eigenvalue weighted by Crippen LogP contribution is -2.35. The Bertz CT molecular complexity index is 1280. The first-order valence-corrected chi connectivity index (χ1v) is 10.4. The van der Waals surface area contributed by atoms with Crippen molar-refractivity contribution >= 4 is 0 Å². The zero-order valence-electron chi connectivity index (χ0n) is 17.7. The fourth-order valence-corrected chi connectivity index (χ4v) is 4.32. The van der Waals surface area contributed by atoms with Gasteiger partial charge in [0.1, 0.15) is 11.5 Å². The van der Waals surface area contributed by atoms with Crippen LogP contribution in [-0.2, 0) is 19.5 Å². The minimum absolute atomic E-state index is 0.0568. The van der Waals surface area contributed by atoms with Crippen LogP contribution < -0.4 is 5.56 Å². The summed E-state index contributed by atoms with van der Waals surface area (Å²) in [6.45, 7) is 6.52. The second-order valence-corrected chi connectivity index (χ2v) is 7.94. The number of nitrogens with one attached hydrogen (secondary N) is 1. The number of aromatic nitrogens is 5. The maximum absolute atomic E-state index is 12.6. The fourth-order valence-electron chi connectivity index (χ4n) is 4.32. The number of hydrogen-bond acceptors (Lipinski definition) is 5. The molecular weight excluding hydrogens is 388 g/mol. The molecular formula is C24H24N6O. The molecule has 7 heteroatoms. The van der Waals surface area contributed by atoms with Crippen LogP contribution in [0.3, 0.4) is 0 Å². The Balaban J connectivity index is 1.42. The molecule has 0 atom stereocenters. The van der Waals surface area contributed by atoms with E-state index in [-0.39, 0.29) is 5.56 Å². The van der Waals surface area contributed by atoms with Gasteiger partial charge in [0, 0.05) is 49.0 Å². The van der Waals surface area contributed by atoms with E-state index in [4.69, 9.17) is 4.98 Å². The van der Waals surface area contributed by atoms with Crippen LogP contribution in [0.25, 0.3) is 17.3 Å². The summed E-state index contributed by atoms with van der Waals surface area (Å²) in [6.07, 6.45) is 4.22. The lowest BCUT2D eigenvalue weighted by atomic mass is 10.1. The molecule has 0 unspecified atom stereocenters. The highest BCUT2D eigenvalue weighted by atomic mass is 16.1. The van der Waals surface area contributed by atoms with Crippen LogP contribution in [0.15, 0.2) is 59.7 Å². The molecule has 5 rings (SSSR count). The number of pyridine rings is 2. The molecule has 0 bridgehead atoms. The van der Waals surface area contributed by atoms with Gasteiger partial charge in [-0.25, -0.2) is 9.97 Å². The monoisotopic (exact) mass is 412 g/mol. The number of H-pyrrole nitrogens is 1. The van der Waals surface area contributed by atoms with Crippen molar-refractivity contribution in [3.8, 4) is 17.3 Å². The Hall–Kier alpha value is -3.58. The minimum Gasteiger partial charge on any atom is -0.305 e. The molecule has 0 aromatic carbocycles. The van der Waals surface area contributed by atoms with E-state index in [0.717, 1.165) is 35.9 Å². The molecule has 156 valence electrons. The van der Waals surface area contributed by atoms with Gasteiger partial charge < -0.3 is 9.55 Å². The maximum atomic E-state index is 12.6. The maximum Gasteiger partial charge on any atom is 0.254 e. The molecule has 5 heterocycles. The number of fused-ring (bicyclic) bond motifs is 1. The molecule has 7 nitrogen and oxygen atoms in total. The highest BCUT2D eigenvalue weighted by Crippen LogP contribution is 2.24. The largest absolute Gasteiger partial charge is 0.305 e. The summed E-state index contributed by atoms with van der Waals surface area (Å²) in [6, 6.07) is 13.8. The normalized spacial score (nSPS) is 13.9. The summed E-state index contributed by atoms with van der Waals surface area (Å²) >= 11 is 0. The molecule has 0 aliphatic carbocycles. The van der Waals surface area contributed by atoms with E-state index in [9.17, 15) is 4.79 Å². The summed E-state index contributed by atoms with van der Waals surface area (Å²) < 4.78 is 2.19. The highest BCUT2D eigenvalue weighted by Gasteiger charge is 2.23. The predicted molar refractivity (Wildman–Crippen MR) is 119 cm³/mol. The first-order valence-electron chi connectivity index (χ1n) is 10.4. The van der Waals surface area contributed by atoms with Gasteiger partial charge in [0.25, 0.3) is 5.56 Å². The van der Waals surface area contributed by atoms with Gasteiger partial charge in [-0.1, -0.05) is 12.1 Å².